The topological polar surface area (TPSA) is 59.9 Å². The number of carbonyl (C=O) groups excluding carboxylic acids is 1. The summed E-state index contributed by atoms with van der Waals surface area (Å²) in [7, 11) is 0. The van der Waals surface area contributed by atoms with E-state index in [-0.39, 0.29) is 5.97 Å². The number of carbonyl (C=O) groups is 1. The van der Waals surface area contributed by atoms with E-state index in [1.165, 1.54) is 0 Å². The number of aryl methyl sites for hydroxylation is 1. The molecule has 3 aromatic rings. The predicted octanol–water partition coefficient (Wildman–Crippen LogP) is 5.07. The largest absolute Gasteiger partial charge is 0.462 e. The average molecular weight is 373 g/mol. The molecule has 0 bridgehead atoms. The SMILES string of the molecule is [C-]#[N+]c1ccc(N2CCc3onc(C)c3-c3cc(C(=O)OCC)ccc32)cc1. The number of nitrogens with zero attached hydrogens (tertiary/aromatic N) is 3. The monoisotopic (exact) mass is 373 g/mol. The lowest BCUT2D eigenvalue weighted by Gasteiger charge is -2.25. The third-order valence-electron chi connectivity index (χ3n) is 4.85. The van der Waals surface area contributed by atoms with Crippen molar-refractivity contribution in [1.82, 2.24) is 5.16 Å². The van der Waals surface area contributed by atoms with Crippen molar-refractivity contribution in [3.05, 3.63) is 70.9 Å². The van der Waals surface area contributed by atoms with E-state index in [1.54, 1.807) is 13.0 Å². The first kappa shape index (κ1) is 17.8. The van der Waals surface area contributed by atoms with Crippen LogP contribution in [-0.2, 0) is 11.2 Å². The van der Waals surface area contributed by atoms with Gasteiger partial charge in [0.2, 0.25) is 0 Å². The van der Waals surface area contributed by atoms with Crippen molar-refractivity contribution in [2.75, 3.05) is 18.1 Å². The molecule has 28 heavy (non-hydrogen) atoms. The van der Waals surface area contributed by atoms with Crippen LogP contribution >= 0.6 is 0 Å². The Bertz CT molecular complexity index is 1080. The van der Waals surface area contributed by atoms with Crippen LogP contribution < -0.4 is 4.90 Å². The van der Waals surface area contributed by atoms with Gasteiger partial charge in [0, 0.05) is 35.5 Å². The zero-order chi connectivity index (χ0) is 19.7. The molecule has 0 N–H and O–H groups in total. The normalized spacial score (nSPS) is 12.5. The van der Waals surface area contributed by atoms with E-state index in [4.69, 9.17) is 15.8 Å². The van der Waals surface area contributed by atoms with Gasteiger partial charge in [0.1, 0.15) is 5.76 Å². The molecule has 0 saturated heterocycles. The number of hydrogen-bond acceptors (Lipinski definition) is 5. The highest BCUT2D eigenvalue weighted by atomic mass is 16.5. The number of anilines is 2. The standard InChI is InChI=1S/C22H19N3O3/c1-4-27-22(26)15-5-10-19-18(13-15)21-14(2)24-28-20(21)11-12-25(19)17-8-6-16(23-3)7-9-17/h5-10,13H,4,11-12H2,1-2H3. The van der Waals surface area contributed by atoms with Crippen molar-refractivity contribution >= 4 is 23.0 Å². The van der Waals surface area contributed by atoms with E-state index in [0.717, 1.165) is 34.0 Å². The van der Waals surface area contributed by atoms with Crippen molar-refractivity contribution < 1.29 is 14.1 Å². The molecule has 1 aromatic heterocycles. The molecule has 6 nitrogen and oxygen atoms in total. The first-order valence-corrected chi connectivity index (χ1v) is 9.14. The van der Waals surface area contributed by atoms with Gasteiger partial charge >= 0.3 is 5.97 Å². The Morgan fingerprint density at radius 3 is 2.79 bits per heavy atom. The van der Waals surface area contributed by atoms with E-state index in [9.17, 15) is 4.79 Å². The van der Waals surface area contributed by atoms with E-state index < -0.39 is 0 Å². The molecule has 140 valence electrons. The van der Waals surface area contributed by atoms with Gasteiger partial charge in [-0.3, -0.25) is 0 Å². The zero-order valence-corrected chi connectivity index (χ0v) is 15.7. The number of benzene rings is 2. The molecule has 1 aliphatic heterocycles. The third-order valence-corrected chi connectivity index (χ3v) is 4.85. The average Bonchev–Trinajstić information content (AvgIpc) is 3.00. The van der Waals surface area contributed by atoms with Crippen LogP contribution in [0.5, 0.6) is 0 Å². The summed E-state index contributed by atoms with van der Waals surface area (Å²) in [5, 5.41) is 4.13. The molecule has 6 heteroatoms. The summed E-state index contributed by atoms with van der Waals surface area (Å²) in [6.07, 6.45) is 0.685. The molecule has 0 saturated carbocycles. The van der Waals surface area contributed by atoms with Crippen LogP contribution in [0.2, 0.25) is 0 Å². The van der Waals surface area contributed by atoms with Crippen molar-refractivity contribution in [2.24, 2.45) is 0 Å². The van der Waals surface area contributed by atoms with Crippen LogP contribution in [0, 0.1) is 13.5 Å². The summed E-state index contributed by atoms with van der Waals surface area (Å²) >= 11 is 0. The molecule has 0 aliphatic carbocycles. The number of fused-ring (bicyclic) bond motifs is 3. The Morgan fingerprint density at radius 2 is 2.07 bits per heavy atom. The molecule has 0 fully saturated rings. The third kappa shape index (κ3) is 3.01. The lowest BCUT2D eigenvalue weighted by atomic mass is 9.99. The maximum absolute atomic E-state index is 12.3. The Kier molecular flexibility index (Phi) is 4.58. The van der Waals surface area contributed by atoms with E-state index in [0.29, 0.717) is 30.8 Å². The molecular formula is C22H19N3O3. The Labute approximate surface area is 163 Å². The fourth-order valence-corrected chi connectivity index (χ4v) is 3.55. The molecular weight excluding hydrogens is 354 g/mol. The number of aromatic nitrogens is 1. The Balaban J connectivity index is 1.87. The van der Waals surface area contributed by atoms with Gasteiger partial charge in [-0.25, -0.2) is 9.64 Å². The summed E-state index contributed by atoms with van der Waals surface area (Å²) in [5.74, 6) is 0.457. The fourth-order valence-electron chi connectivity index (χ4n) is 3.55. The lowest BCUT2D eigenvalue weighted by Crippen LogP contribution is -2.19. The van der Waals surface area contributed by atoms with Crippen molar-refractivity contribution in [3.63, 3.8) is 0 Å². The minimum Gasteiger partial charge on any atom is -0.462 e. The number of rotatable bonds is 3. The van der Waals surface area contributed by atoms with Crippen LogP contribution in [0.15, 0.2) is 47.0 Å². The smallest absolute Gasteiger partial charge is 0.338 e. The van der Waals surface area contributed by atoms with Crippen LogP contribution in [0.4, 0.5) is 17.1 Å². The predicted molar refractivity (Wildman–Crippen MR) is 106 cm³/mol. The highest BCUT2D eigenvalue weighted by molar-refractivity contribution is 5.95. The fraction of sp³-hybridized carbons (Fsp3) is 0.227. The van der Waals surface area contributed by atoms with E-state index >= 15 is 0 Å². The van der Waals surface area contributed by atoms with Crippen molar-refractivity contribution in [2.45, 2.75) is 20.3 Å². The van der Waals surface area contributed by atoms with Gasteiger partial charge in [0.15, 0.2) is 5.69 Å². The summed E-state index contributed by atoms with van der Waals surface area (Å²) in [6, 6.07) is 13.1. The first-order valence-electron chi connectivity index (χ1n) is 9.14. The maximum atomic E-state index is 12.3. The highest BCUT2D eigenvalue weighted by Gasteiger charge is 2.27. The molecule has 0 radical (unpaired) electrons. The first-order chi connectivity index (χ1) is 13.6. The van der Waals surface area contributed by atoms with Gasteiger partial charge in [-0.05, 0) is 44.2 Å². The number of hydrogen-bond donors (Lipinski definition) is 0. The molecule has 2 heterocycles. The van der Waals surface area contributed by atoms with Gasteiger partial charge in [-0.2, -0.15) is 0 Å². The molecule has 0 spiro atoms. The molecule has 1 aliphatic rings. The van der Waals surface area contributed by atoms with Gasteiger partial charge in [-0.1, -0.05) is 17.3 Å². The number of ether oxygens (including phenoxy) is 1. The maximum Gasteiger partial charge on any atom is 0.338 e. The van der Waals surface area contributed by atoms with Gasteiger partial charge in [-0.15, -0.1) is 0 Å². The summed E-state index contributed by atoms with van der Waals surface area (Å²) in [5.41, 5.74) is 5.66. The van der Waals surface area contributed by atoms with Gasteiger partial charge in [0.25, 0.3) is 0 Å². The minimum absolute atomic E-state index is 0.326. The zero-order valence-electron chi connectivity index (χ0n) is 15.7. The summed E-state index contributed by atoms with van der Waals surface area (Å²) in [6.45, 7) is 11.9. The quantitative estimate of drug-likeness (QED) is 0.474. The van der Waals surface area contributed by atoms with Crippen LogP contribution in [0.3, 0.4) is 0 Å². The molecule has 4 rings (SSSR count). The summed E-state index contributed by atoms with van der Waals surface area (Å²) in [4.78, 5) is 17.9. The van der Waals surface area contributed by atoms with Gasteiger partial charge < -0.3 is 14.2 Å². The lowest BCUT2D eigenvalue weighted by molar-refractivity contribution is 0.0526. The second-order valence-corrected chi connectivity index (χ2v) is 6.55. The van der Waals surface area contributed by atoms with E-state index in [1.807, 2.05) is 43.3 Å². The van der Waals surface area contributed by atoms with Crippen molar-refractivity contribution in [1.29, 1.82) is 0 Å². The van der Waals surface area contributed by atoms with Crippen LogP contribution in [0.1, 0.15) is 28.7 Å². The molecule has 0 amide bonds. The second-order valence-electron chi connectivity index (χ2n) is 6.55. The second kappa shape index (κ2) is 7.20. The highest BCUT2D eigenvalue weighted by Crippen LogP contribution is 2.42. The Morgan fingerprint density at radius 1 is 1.29 bits per heavy atom. The number of esters is 1. The van der Waals surface area contributed by atoms with Gasteiger partial charge in [0.05, 0.1) is 24.4 Å². The van der Waals surface area contributed by atoms with Crippen LogP contribution in [-0.4, -0.2) is 24.3 Å². The molecule has 2 aromatic carbocycles. The Hall–Kier alpha value is -3.59. The van der Waals surface area contributed by atoms with Crippen molar-refractivity contribution in [3.8, 4) is 11.1 Å². The molecule has 0 atom stereocenters. The van der Waals surface area contributed by atoms with E-state index in [2.05, 4.69) is 14.9 Å². The minimum atomic E-state index is -0.349. The molecule has 0 unspecified atom stereocenters. The van der Waals surface area contributed by atoms with Crippen LogP contribution in [0.25, 0.3) is 16.0 Å². The summed E-state index contributed by atoms with van der Waals surface area (Å²) < 4.78 is 10.7.